The lowest BCUT2D eigenvalue weighted by molar-refractivity contribution is 0.383. The van der Waals surface area contributed by atoms with Gasteiger partial charge in [-0.2, -0.15) is 0 Å². The summed E-state index contributed by atoms with van der Waals surface area (Å²) in [6.07, 6.45) is 22.1. The van der Waals surface area contributed by atoms with Gasteiger partial charge in [-0.05, 0) is 106 Å². The quantitative estimate of drug-likeness (QED) is 0.0495. The van der Waals surface area contributed by atoms with Gasteiger partial charge in [0.15, 0.2) is 0 Å². The van der Waals surface area contributed by atoms with Gasteiger partial charge in [0.25, 0.3) is 0 Å². The number of unbranched alkanes of at least 4 members (excludes halogenated alkanes) is 12. The minimum atomic E-state index is -1.62. The summed E-state index contributed by atoms with van der Waals surface area (Å²) in [5.74, 6) is 6.33. The Balaban J connectivity index is 1.44. The van der Waals surface area contributed by atoms with Gasteiger partial charge >= 0.3 is 34.1 Å². The Morgan fingerprint density at radius 1 is 0.263 bits per heavy atom. The topological polar surface area (TPSA) is 86.8 Å². The van der Waals surface area contributed by atoms with E-state index in [0.29, 0.717) is 0 Å². The summed E-state index contributed by atoms with van der Waals surface area (Å²) in [7, 11) is 9.90. The normalized spacial score (nSPS) is 22.7. The average Bonchev–Trinajstić information content (AvgIpc) is 3.37. The van der Waals surface area contributed by atoms with E-state index in [9.17, 15) is 0 Å². The maximum atomic E-state index is 7.27. The number of benzene rings is 4. The second-order valence-corrected chi connectivity index (χ2v) is 29.0. The van der Waals surface area contributed by atoms with Crippen LogP contribution in [0.15, 0.2) is 48.5 Å². The number of hydrogen-bond acceptors (Lipinski definition) is 12. The molecule has 9 rings (SSSR count). The third-order valence-corrected chi connectivity index (χ3v) is 21.1. The monoisotopic (exact) mass is 1120 g/mol. The van der Waals surface area contributed by atoms with Gasteiger partial charge in [0.2, 0.25) is 0 Å². The Morgan fingerprint density at radius 2 is 0.434 bits per heavy atom. The molecule has 5 aliphatic rings. The summed E-state index contributed by atoms with van der Waals surface area (Å²) >= 11 is 0. The Morgan fingerprint density at radius 3 is 0.579 bits per heavy atom. The van der Waals surface area contributed by atoms with Crippen molar-refractivity contribution in [2.45, 2.75) is 180 Å². The molecule has 4 heterocycles. The zero-order valence-electron chi connectivity index (χ0n) is 47.9. The van der Waals surface area contributed by atoms with E-state index in [-0.39, 0.29) is 23.7 Å². The van der Waals surface area contributed by atoms with Crippen molar-refractivity contribution >= 4 is 34.1 Å². The van der Waals surface area contributed by atoms with Gasteiger partial charge in [-0.25, -0.2) is 18.7 Å². The molecule has 0 atom stereocenters. The predicted octanol–water partition coefficient (Wildman–Crippen LogP) is 18.6. The van der Waals surface area contributed by atoms with Crippen molar-refractivity contribution < 1.29 is 36.2 Å². The third-order valence-electron chi connectivity index (χ3n) is 15.7. The first-order valence-electron chi connectivity index (χ1n) is 28.9. The maximum absolute atomic E-state index is 7.27. The number of hydrogen-bond donors (Lipinski definition) is 0. The van der Waals surface area contributed by atoms with Crippen LogP contribution in [0.25, 0.3) is 0 Å². The number of rotatable bonds is 24. The van der Waals surface area contributed by atoms with Gasteiger partial charge in [0, 0.05) is 92.4 Å². The Kier molecular flexibility index (Phi) is 20.0. The molecule has 0 spiro atoms. The maximum Gasteiger partial charge on any atom is 0.384 e. The van der Waals surface area contributed by atoms with Crippen LogP contribution in [0, 0.1) is 0 Å². The van der Waals surface area contributed by atoms with Gasteiger partial charge in [0.1, 0.15) is 46.0 Å². The molecule has 12 nitrogen and oxygen atoms in total. The SMILES string of the molecule is CCCCCCC1c2cc3c4cc2OP(N(C)C)Oc2cc5c(cc21)C(CCCCCC)c1cc2c(cc1OP(N(C)C)O5)OP(N(C)C)Oc1cc(c(cc1C2CCCCCC)C3CCCCCC)OP(N(C)C)O4. The van der Waals surface area contributed by atoms with Gasteiger partial charge in [0.05, 0.1) is 0 Å². The molecular formula is C60H88N4O8P4. The number of nitrogens with zero attached hydrogens (tertiary/aromatic N) is 4. The molecular weight excluding hydrogens is 1030 g/mol. The van der Waals surface area contributed by atoms with Gasteiger partial charge < -0.3 is 36.2 Å². The van der Waals surface area contributed by atoms with E-state index >= 15 is 0 Å². The highest BCUT2D eigenvalue weighted by Crippen LogP contribution is 2.63. The summed E-state index contributed by atoms with van der Waals surface area (Å²) in [4.78, 5) is 0. The molecule has 1 aliphatic carbocycles. The summed E-state index contributed by atoms with van der Waals surface area (Å²) in [5.41, 5.74) is 9.52. The van der Waals surface area contributed by atoms with Crippen LogP contribution in [0.5, 0.6) is 46.0 Å². The first kappa shape index (κ1) is 57.5. The highest BCUT2D eigenvalue weighted by Gasteiger charge is 2.42. The van der Waals surface area contributed by atoms with E-state index in [1.807, 2.05) is 56.4 Å². The van der Waals surface area contributed by atoms with E-state index in [4.69, 9.17) is 36.2 Å². The van der Waals surface area contributed by atoms with Crippen molar-refractivity contribution in [3.05, 3.63) is 93.0 Å². The average molecular weight is 1120 g/mol. The lowest BCUT2D eigenvalue weighted by Gasteiger charge is -2.38. The molecule has 76 heavy (non-hydrogen) atoms. The van der Waals surface area contributed by atoms with Crippen molar-refractivity contribution in [3.8, 4) is 46.0 Å². The molecule has 0 amide bonds. The van der Waals surface area contributed by atoms with Crippen molar-refractivity contribution in [3.63, 3.8) is 0 Å². The lowest BCUT2D eigenvalue weighted by atomic mass is 9.76. The van der Waals surface area contributed by atoms with Crippen LogP contribution < -0.4 is 36.2 Å². The van der Waals surface area contributed by atoms with Crippen LogP contribution in [-0.4, -0.2) is 75.1 Å². The summed E-state index contributed by atoms with van der Waals surface area (Å²) in [6, 6.07) is 18.8. The largest absolute Gasteiger partial charge is 0.427 e. The van der Waals surface area contributed by atoms with E-state index < -0.39 is 34.1 Å². The van der Waals surface area contributed by atoms with Gasteiger partial charge in [-0.1, -0.05) is 130 Å². The molecule has 8 bridgehead atoms. The second kappa shape index (κ2) is 26.4. The second-order valence-electron chi connectivity index (χ2n) is 22.4. The van der Waals surface area contributed by atoms with Crippen molar-refractivity contribution in [1.29, 1.82) is 0 Å². The molecule has 416 valence electrons. The molecule has 16 heteroatoms. The molecule has 4 aliphatic heterocycles. The fraction of sp³-hybridized carbons (Fsp3) is 0.600. The zero-order chi connectivity index (χ0) is 53.6. The van der Waals surface area contributed by atoms with E-state index in [2.05, 4.69) is 94.9 Å². The fourth-order valence-corrected chi connectivity index (χ4v) is 15.7. The molecule has 0 saturated heterocycles. The van der Waals surface area contributed by atoms with Crippen LogP contribution in [0.3, 0.4) is 0 Å². The van der Waals surface area contributed by atoms with Gasteiger partial charge in [-0.15, -0.1) is 0 Å². The first-order valence-corrected chi connectivity index (χ1v) is 33.4. The van der Waals surface area contributed by atoms with Crippen molar-refractivity contribution in [1.82, 2.24) is 18.7 Å². The van der Waals surface area contributed by atoms with Crippen LogP contribution in [-0.2, 0) is 0 Å². The molecule has 0 radical (unpaired) electrons. The van der Waals surface area contributed by atoms with Crippen molar-refractivity contribution in [2.75, 3.05) is 56.4 Å². The van der Waals surface area contributed by atoms with E-state index in [0.717, 1.165) is 123 Å². The fourth-order valence-electron chi connectivity index (χ4n) is 11.6. The van der Waals surface area contributed by atoms with Crippen molar-refractivity contribution in [2.24, 2.45) is 0 Å². The minimum Gasteiger partial charge on any atom is -0.427 e. The Labute approximate surface area is 462 Å². The molecule has 0 fully saturated rings. The highest BCUT2D eigenvalue weighted by molar-refractivity contribution is 7.46. The van der Waals surface area contributed by atoms with Crippen LogP contribution in [0.4, 0.5) is 0 Å². The first-order chi connectivity index (χ1) is 36.8. The summed E-state index contributed by atoms with van der Waals surface area (Å²) < 4.78 is 66.5. The molecule has 4 aromatic rings. The lowest BCUT2D eigenvalue weighted by Crippen LogP contribution is -2.22. The molecule has 0 N–H and O–H groups in total. The van der Waals surface area contributed by atoms with E-state index in [1.54, 1.807) is 0 Å². The summed E-state index contributed by atoms with van der Waals surface area (Å²) in [5, 5.41) is 0. The van der Waals surface area contributed by atoms with Crippen LogP contribution in [0.1, 0.15) is 224 Å². The highest BCUT2D eigenvalue weighted by atomic mass is 31.2. The standard InChI is InChI=1S/C60H88N4O8P4/c1-13-17-21-25-29-41-45-33-47-42(30-26-22-18-14-2)49-35-51-44(32-28-24-20-16-4)52-36-50-43(31-27-23-19-15-3)48-34-46(41)54-38-56(48)68-75(63(9)10)70-58(50)40-60(52)72-76(64(11)12)71-59(51)39-57(49)69-74(62(7)8)67-55(47)37-53(45)65-73(66-54)61(5)6/h33-44H,13-32H2,1-12H3. The third kappa shape index (κ3) is 12.7. The molecule has 0 aromatic heterocycles. The zero-order valence-corrected chi connectivity index (χ0v) is 51.5. The molecule has 4 aromatic carbocycles. The Hall–Kier alpha value is -3.16. The predicted molar refractivity (Wildman–Crippen MR) is 316 cm³/mol. The molecule has 0 saturated carbocycles. The van der Waals surface area contributed by atoms with Crippen LogP contribution >= 0.6 is 34.1 Å². The van der Waals surface area contributed by atoms with Gasteiger partial charge in [-0.3, -0.25) is 0 Å². The molecule has 0 unspecified atom stereocenters. The smallest absolute Gasteiger partial charge is 0.384 e. The summed E-state index contributed by atoms with van der Waals surface area (Å²) in [6.45, 7) is 9.19. The Bertz CT molecular complexity index is 2130. The minimum absolute atomic E-state index is 0.0414. The van der Waals surface area contributed by atoms with Crippen LogP contribution in [0.2, 0.25) is 0 Å². The van der Waals surface area contributed by atoms with E-state index in [1.165, 1.54) is 95.9 Å².